The lowest BCUT2D eigenvalue weighted by Crippen LogP contribution is -2.50. The summed E-state index contributed by atoms with van der Waals surface area (Å²) >= 11 is 1.83. The molecule has 0 radical (unpaired) electrons. The van der Waals surface area contributed by atoms with Crippen LogP contribution in [-0.4, -0.2) is 71.8 Å². The van der Waals surface area contributed by atoms with Gasteiger partial charge in [-0.1, -0.05) is 0 Å². The Kier molecular flexibility index (Phi) is 6.46. The minimum absolute atomic E-state index is 0. The van der Waals surface area contributed by atoms with Gasteiger partial charge in [-0.3, -0.25) is 9.89 Å². The maximum atomic E-state index is 10.3. The molecule has 2 unspecified atom stereocenters. The van der Waals surface area contributed by atoms with Crippen molar-refractivity contribution in [3.05, 3.63) is 0 Å². The van der Waals surface area contributed by atoms with E-state index in [0.717, 1.165) is 36.5 Å². The van der Waals surface area contributed by atoms with Crippen molar-refractivity contribution in [3.8, 4) is 0 Å². The largest absolute Gasteiger partial charge is 0.387 e. The third kappa shape index (κ3) is 4.87. The summed E-state index contributed by atoms with van der Waals surface area (Å²) in [4.78, 5) is 6.88. The lowest BCUT2D eigenvalue weighted by Gasteiger charge is -2.24. The van der Waals surface area contributed by atoms with Gasteiger partial charge in [0.15, 0.2) is 5.96 Å². The van der Waals surface area contributed by atoms with Crippen LogP contribution >= 0.6 is 35.7 Å². The summed E-state index contributed by atoms with van der Waals surface area (Å²) in [5.41, 5.74) is -0.558. The number of thioether (sulfide) groups is 1. The quantitative estimate of drug-likeness (QED) is 0.354. The van der Waals surface area contributed by atoms with E-state index in [4.69, 9.17) is 0 Å². The fourth-order valence-corrected chi connectivity index (χ4v) is 4.34. The Morgan fingerprint density at radius 3 is 2.86 bits per heavy atom. The monoisotopic (exact) mass is 426 g/mol. The van der Waals surface area contributed by atoms with E-state index in [1.165, 1.54) is 25.8 Å². The summed E-state index contributed by atoms with van der Waals surface area (Å²) in [6.45, 7) is 2.93. The summed E-state index contributed by atoms with van der Waals surface area (Å²) in [5, 5.41) is 17.1. The van der Waals surface area contributed by atoms with Gasteiger partial charge >= 0.3 is 0 Å². The maximum absolute atomic E-state index is 10.3. The van der Waals surface area contributed by atoms with Gasteiger partial charge < -0.3 is 15.7 Å². The Hall–Kier alpha value is 0.270. The summed E-state index contributed by atoms with van der Waals surface area (Å²) in [6, 6.07) is 1.35. The third-order valence-electron chi connectivity index (χ3n) is 4.51. The zero-order valence-electron chi connectivity index (χ0n) is 12.7. The smallest absolute Gasteiger partial charge is 0.191 e. The highest BCUT2D eigenvalue weighted by atomic mass is 127. The van der Waals surface area contributed by atoms with Crippen molar-refractivity contribution in [2.75, 3.05) is 38.2 Å². The molecule has 3 aliphatic rings. The number of nitrogens with zero attached hydrogens (tertiary/aromatic N) is 2. The van der Waals surface area contributed by atoms with Gasteiger partial charge in [0, 0.05) is 44.5 Å². The minimum Gasteiger partial charge on any atom is -0.387 e. The predicted molar refractivity (Wildman–Crippen MR) is 99.8 cm³/mol. The topological polar surface area (TPSA) is 59.9 Å². The summed E-state index contributed by atoms with van der Waals surface area (Å²) in [5.74, 6) is 2.72. The van der Waals surface area contributed by atoms with Crippen LogP contribution in [0.4, 0.5) is 0 Å². The molecule has 2 saturated heterocycles. The zero-order chi connectivity index (χ0) is 14.0. The molecule has 0 aromatic carbocycles. The fraction of sp³-hybridized carbons (Fsp3) is 0.929. The van der Waals surface area contributed by atoms with Crippen LogP contribution in [0.3, 0.4) is 0 Å². The van der Waals surface area contributed by atoms with Crippen molar-refractivity contribution in [2.45, 2.75) is 43.4 Å². The van der Waals surface area contributed by atoms with Crippen LogP contribution in [0.2, 0.25) is 0 Å². The molecular weight excluding hydrogens is 399 g/mol. The number of nitrogens with one attached hydrogen (secondary N) is 2. The molecule has 1 saturated carbocycles. The number of halogens is 1. The molecule has 21 heavy (non-hydrogen) atoms. The Labute approximate surface area is 148 Å². The highest BCUT2D eigenvalue weighted by molar-refractivity contribution is 14.0. The maximum Gasteiger partial charge on any atom is 0.191 e. The molecule has 2 heterocycles. The van der Waals surface area contributed by atoms with E-state index in [0.29, 0.717) is 12.6 Å². The van der Waals surface area contributed by atoms with E-state index in [1.54, 1.807) is 7.05 Å². The minimum atomic E-state index is -0.558. The van der Waals surface area contributed by atoms with E-state index < -0.39 is 5.60 Å². The number of guanidine groups is 1. The van der Waals surface area contributed by atoms with Crippen molar-refractivity contribution in [3.63, 3.8) is 0 Å². The van der Waals surface area contributed by atoms with Crippen molar-refractivity contribution in [1.82, 2.24) is 15.5 Å². The summed E-state index contributed by atoms with van der Waals surface area (Å²) < 4.78 is 0. The first-order valence-electron chi connectivity index (χ1n) is 7.70. The van der Waals surface area contributed by atoms with Gasteiger partial charge in [-0.2, -0.15) is 11.8 Å². The number of likely N-dealkylation sites (tertiary alicyclic amines) is 1. The molecule has 0 bridgehead atoms. The van der Waals surface area contributed by atoms with Crippen LogP contribution < -0.4 is 10.6 Å². The Morgan fingerprint density at radius 1 is 1.43 bits per heavy atom. The average molecular weight is 426 g/mol. The molecule has 122 valence electrons. The lowest BCUT2D eigenvalue weighted by atomic mass is 10.0. The fourth-order valence-electron chi connectivity index (χ4n) is 3.05. The molecule has 5 nitrogen and oxygen atoms in total. The number of rotatable bonds is 4. The predicted octanol–water partition coefficient (Wildman–Crippen LogP) is 0.874. The van der Waals surface area contributed by atoms with Gasteiger partial charge in [0.05, 0.1) is 5.60 Å². The number of aliphatic imine (C=N–C) groups is 1. The average Bonchev–Trinajstić information content (AvgIpc) is 3.04. The van der Waals surface area contributed by atoms with E-state index in [1.807, 2.05) is 11.8 Å². The molecular formula is C14H27IN4OS. The first kappa shape index (κ1) is 17.6. The molecule has 3 rings (SSSR count). The van der Waals surface area contributed by atoms with Crippen molar-refractivity contribution in [2.24, 2.45) is 4.99 Å². The second-order valence-corrected chi connectivity index (χ2v) is 7.41. The first-order valence-corrected chi connectivity index (χ1v) is 8.85. The van der Waals surface area contributed by atoms with Gasteiger partial charge in [0.25, 0.3) is 0 Å². The zero-order valence-corrected chi connectivity index (χ0v) is 15.8. The number of hydrogen-bond donors (Lipinski definition) is 3. The second kappa shape index (κ2) is 7.70. The van der Waals surface area contributed by atoms with Gasteiger partial charge in [-0.15, -0.1) is 24.0 Å². The first-order chi connectivity index (χ1) is 9.68. The van der Waals surface area contributed by atoms with Crippen molar-refractivity contribution in [1.29, 1.82) is 0 Å². The molecule has 0 aromatic heterocycles. The van der Waals surface area contributed by atoms with Gasteiger partial charge in [0.1, 0.15) is 0 Å². The molecule has 7 heteroatoms. The summed E-state index contributed by atoms with van der Waals surface area (Å²) in [6.07, 6.45) is 4.83. The van der Waals surface area contributed by atoms with Gasteiger partial charge in [-0.05, 0) is 31.4 Å². The normalized spacial score (nSPS) is 33.8. The van der Waals surface area contributed by atoms with Gasteiger partial charge in [-0.25, -0.2) is 0 Å². The number of hydrogen-bond acceptors (Lipinski definition) is 4. The van der Waals surface area contributed by atoms with Crippen molar-refractivity contribution < 1.29 is 5.11 Å². The Balaban J connectivity index is 0.00000161. The molecule has 0 aromatic rings. The highest BCUT2D eigenvalue weighted by Crippen LogP contribution is 2.30. The Bertz CT molecular complexity index is 372. The lowest BCUT2D eigenvalue weighted by molar-refractivity contribution is 0.0724. The molecule has 0 spiro atoms. The Morgan fingerprint density at radius 2 is 2.24 bits per heavy atom. The number of aliphatic hydroxyl groups is 1. The van der Waals surface area contributed by atoms with Crippen LogP contribution in [-0.2, 0) is 0 Å². The van der Waals surface area contributed by atoms with Crippen LogP contribution in [0.5, 0.6) is 0 Å². The third-order valence-corrected chi connectivity index (χ3v) is 5.75. The van der Waals surface area contributed by atoms with Crippen LogP contribution in [0.15, 0.2) is 4.99 Å². The molecule has 1 aliphatic carbocycles. The summed E-state index contributed by atoms with van der Waals surface area (Å²) in [7, 11) is 1.80. The molecule has 2 atom stereocenters. The molecule has 0 amide bonds. The molecule has 3 N–H and O–H groups in total. The van der Waals surface area contributed by atoms with E-state index in [9.17, 15) is 5.11 Å². The second-order valence-electron chi connectivity index (χ2n) is 6.31. The van der Waals surface area contributed by atoms with E-state index >= 15 is 0 Å². The standard InChI is InChI=1S/C14H26N4OS.HI/c1-15-13(16-9-14(19)5-7-20-10-14)17-11-4-6-18(8-11)12-2-3-12;/h11-12,19H,2-10H2,1H3,(H2,15,16,17);1H. The highest BCUT2D eigenvalue weighted by Gasteiger charge is 2.35. The van der Waals surface area contributed by atoms with Crippen molar-refractivity contribution >= 4 is 41.7 Å². The van der Waals surface area contributed by atoms with Crippen LogP contribution in [0, 0.1) is 0 Å². The van der Waals surface area contributed by atoms with Gasteiger partial charge in [0.2, 0.25) is 0 Å². The van der Waals surface area contributed by atoms with Crippen LogP contribution in [0.1, 0.15) is 25.7 Å². The molecule has 3 fully saturated rings. The molecule has 2 aliphatic heterocycles. The van der Waals surface area contributed by atoms with Crippen LogP contribution in [0.25, 0.3) is 0 Å². The van der Waals surface area contributed by atoms with E-state index in [2.05, 4.69) is 20.5 Å². The SMILES string of the molecule is CN=C(NCC1(O)CCSC1)NC1CCN(C2CC2)C1.I. The van der Waals surface area contributed by atoms with E-state index in [-0.39, 0.29) is 24.0 Å².